The number of amides is 1. The molecule has 4 nitrogen and oxygen atoms in total. The Balaban J connectivity index is 2.15. The number of fused-ring (bicyclic) bond motifs is 2. The summed E-state index contributed by atoms with van der Waals surface area (Å²) in [5, 5.41) is 9.02. The Morgan fingerprint density at radius 3 is 2.54 bits per heavy atom. The average molecular weight is 184 g/mol. The first-order valence-electron chi connectivity index (χ1n) is 4.95. The van der Waals surface area contributed by atoms with Gasteiger partial charge in [-0.15, -0.1) is 0 Å². The Hall–Kier alpha value is -0.770. The summed E-state index contributed by atoms with van der Waals surface area (Å²) >= 11 is 0. The summed E-state index contributed by atoms with van der Waals surface area (Å²) in [6.45, 7) is 0. The molecule has 0 spiro atoms. The Kier molecular flexibility index (Phi) is 2.15. The standard InChI is InChI=1S/C9H16N2O2/c10-6-1-2-7-3-4-8(5-6)11(7)9(12)13/h6-8H,1-5,10H2,(H,12,13). The third kappa shape index (κ3) is 1.50. The Morgan fingerprint density at radius 1 is 1.23 bits per heavy atom. The van der Waals surface area contributed by atoms with Crippen LogP contribution in [-0.4, -0.2) is 34.2 Å². The van der Waals surface area contributed by atoms with Crippen molar-refractivity contribution in [3.8, 4) is 0 Å². The van der Waals surface area contributed by atoms with Crippen LogP contribution in [0.3, 0.4) is 0 Å². The lowest BCUT2D eigenvalue weighted by Gasteiger charge is -2.24. The number of carboxylic acid groups (broad SMARTS) is 1. The third-order valence-corrected chi connectivity index (χ3v) is 3.29. The van der Waals surface area contributed by atoms with Gasteiger partial charge >= 0.3 is 6.09 Å². The van der Waals surface area contributed by atoms with Crippen LogP contribution < -0.4 is 5.73 Å². The van der Waals surface area contributed by atoms with E-state index in [4.69, 9.17) is 10.8 Å². The molecule has 2 heterocycles. The highest BCUT2D eigenvalue weighted by molar-refractivity contribution is 5.66. The van der Waals surface area contributed by atoms with E-state index in [1.54, 1.807) is 4.90 Å². The molecule has 3 unspecified atom stereocenters. The Labute approximate surface area is 77.7 Å². The molecule has 0 aromatic carbocycles. The summed E-state index contributed by atoms with van der Waals surface area (Å²) in [6.07, 6.45) is 4.05. The monoisotopic (exact) mass is 184 g/mol. The Morgan fingerprint density at radius 2 is 1.85 bits per heavy atom. The van der Waals surface area contributed by atoms with Gasteiger partial charge in [0.15, 0.2) is 0 Å². The zero-order valence-electron chi connectivity index (χ0n) is 7.65. The molecule has 4 heteroatoms. The van der Waals surface area contributed by atoms with Gasteiger partial charge in [-0.3, -0.25) is 0 Å². The minimum absolute atomic E-state index is 0.194. The number of nitrogens with zero attached hydrogens (tertiary/aromatic N) is 1. The smallest absolute Gasteiger partial charge is 0.407 e. The summed E-state index contributed by atoms with van der Waals surface area (Å²) in [5.41, 5.74) is 5.86. The molecule has 0 aromatic heterocycles. The molecule has 2 rings (SSSR count). The molecule has 2 aliphatic rings. The minimum Gasteiger partial charge on any atom is -0.465 e. The average Bonchev–Trinajstić information content (AvgIpc) is 2.34. The summed E-state index contributed by atoms with van der Waals surface area (Å²) in [7, 11) is 0. The molecule has 3 atom stereocenters. The SMILES string of the molecule is NC1CCC2CCC(C1)N2C(=O)O. The van der Waals surface area contributed by atoms with Crippen LogP contribution >= 0.6 is 0 Å². The largest absolute Gasteiger partial charge is 0.465 e. The predicted molar refractivity (Wildman–Crippen MR) is 48.5 cm³/mol. The van der Waals surface area contributed by atoms with Crippen LogP contribution in [0.4, 0.5) is 4.79 Å². The van der Waals surface area contributed by atoms with E-state index in [0.29, 0.717) is 0 Å². The van der Waals surface area contributed by atoms with Gasteiger partial charge in [-0.2, -0.15) is 0 Å². The number of hydrogen-bond acceptors (Lipinski definition) is 2. The Bertz CT molecular complexity index is 220. The van der Waals surface area contributed by atoms with Gasteiger partial charge in [0.25, 0.3) is 0 Å². The van der Waals surface area contributed by atoms with Crippen LogP contribution in [0, 0.1) is 0 Å². The maximum atomic E-state index is 11.0. The van der Waals surface area contributed by atoms with Gasteiger partial charge in [0, 0.05) is 18.1 Å². The molecule has 0 saturated carbocycles. The van der Waals surface area contributed by atoms with Crippen LogP contribution in [0.15, 0.2) is 0 Å². The highest BCUT2D eigenvalue weighted by Crippen LogP contribution is 2.33. The van der Waals surface area contributed by atoms with Gasteiger partial charge in [-0.25, -0.2) is 4.79 Å². The number of rotatable bonds is 0. The van der Waals surface area contributed by atoms with Crippen molar-refractivity contribution in [1.29, 1.82) is 0 Å². The molecule has 1 amide bonds. The van der Waals surface area contributed by atoms with Gasteiger partial charge < -0.3 is 15.7 Å². The fraction of sp³-hybridized carbons (Fsp3) is 0.889. The van der Waals surface area contributed by atoms with Gasteiger partial charge in [-0.1, -0.05) is 0 Å². The molecule has 2 fully saturated rings. The molecule has 2 saturated heterocycles. The second-order valence-corrected chi connectivity index (χ2v) is 4.15. The lowest BCUT2D eigenvalue weighted by Crippen LogP contribution is -2.39. The van der Waals surface area contributed by atoms with E-state index in [1.807, 2.05) is 0 Å². The van der Waals surface area contributed by atoms with E-state index in [9.17, 15) is 4.79 Å². The summed E-state index contributed by atoms with van der Waals surface area (Å²) in [4.78, 5) is 12.6. The lowest BCUT2D eigenvalue weighted by atomic mass is 9.98. The van der Waals surface area contributed by atoms with Crippen molar-refractivity contribution in [2.75, 3.05) is 0 Å². The zero-order valence-corrected chi connectivity index (χ0v) is 7.65. The highest BCUT2D eigenvalue weighted by Gasteiger charge is 2.39. The van der Waals surface area contributed by atoms with E-state index in [1.165, 1.54) is 0 Å². The zero-order chi connectivity index (χ0) is 9.42. The van der Waals surface area contributed by atoms with Crippen LogP contribution in [0.25, 0.3) is 0 Å². The third-order valence-electron chi connectivity index (χ3n) is 3.29. The van der Waals surface area contributed by atoms with Crippen LogP contribution in [0.1, 0.15) is 32.1 Å². The maximum Gasteiger partial charge on any atom is 0.407 e. The fourth-order valence-electron chi connectivity index (χ4n) is 2.66. The molecule has 2 bridgehead atoms. The molecular weight excluding hydrogens is 168 g/mol. The lowest BCUT2D eigenvalue weighted by molar-refractivity contribution is 0.123. The first kappa shape index (κ1) is 8.81. The first-order valence-corrected chi connectivity index (χ1v) is 4.95. The number of nitrogens with two attached hydrogens (primary N) is 1. The second-order valence-electron chi connectivity index (χ2n) is 4.15. The van der Waals surface area contributed by atoms with E-state index >= 15 is 0 Å². The van der Waals surface area contributed by atoms with E-state index in [0.717, 1.165) is 32.1 Å². The molecule has 13 heavy (non-hydrogen) atoms. The molecule has 74 valence electrons. The maximum absolute atomic E-state index is 11.0. The quantitative estimate of drug-likeness (QED) is 0.590. The van der Waals surface area contributed by atoms with Crippen molar-refractivity contribution in [2.24, 2.45) is 5.73 Å². The summed E-state index contributed by atoms with van der Waals surface area (Å²) < 4.78 is 0. The van der Waals surface area contributed by atoms with Gasteiger partial charge in [-0.05, 0) is 32.1 Å². The van der Waals surface area contributed by atoms with Crippen LogP contribution in [0.2, 0.25) is 0 Å². The van der Waals surface area contributed by atoms with E-state index in [2.05, 4.69) is 0 Å². The van der Waals surface area contributed by atoms with Crippen LogP contribution in [0.5, 0.6) is 0 Å². The second kappa shape index (κ2) is 3.18. The van der Waals surface area contributed by atoms with Crippen molar-refractivity contribution in [3.63, 3.8) is 0 Å². The summed E-state index contributed by atoms with van der Waals surface area (Å²) in [6, 6.07) is 0.646. The van der Waals surface area contributed by atoms with Gasteiger partial charge in [0.2, 0.25) is 0 Å². The van der Waals surface area contributed by atoms with Crippen molar-refractivity contribution in [3.05, 3.63) is 0 Å². The topological polar surface area (TPSA) is 66.6 Å². The molecule has 2 aliphatic heterocycles. The fourth-order valence-corrected chi connectivity index (χ4v) is 2.66. The minimum atomic E-state index is -0.762. The predicted octanol–water partition coefficient (Wildman–Crippen LogP) is 1.01. The molecule has 0 aromatic rings. The van der Waals surface area contributed by atoms with Gasteiger partial charge in [0.05, 0.1) is 0 Å². The molecule has 0 aliphatic carbocycles. The number of carbonyl (C=O) groups is 1. The van der Waals surface area contributed by atoms with Crippen molar-refractivity contribution >= 4 is 6.09 Å². The van der Waals surface area contributed by atoms with Crippen molar-refractivity contribution in [1.82, 2.24) is 4.90 Å². The number of hydrogen-bond donors (Lipinski definition) is 2. The molecular formula is C9H16N2O2. The van der Waals surface area contributed by atoms with Gasteiger partial charge in [0.1, 0.15) is 0 Å². The summed E-state index contributed by atoms with van der Waals surface area (Å²) in [5.74, 6) is 0. The first-order chi connectivity index (χ1) is 6.18. The van der Waals surface area contributed by atoms with Crippen molar-refractivity contribution in [2.45, 2.75) is 50.2 Å². The van der Waals surface area contributed by atoms with E-state index < -0.39 is 6.09 Å². The highest BCUT2D eigenvalue weighted by atomic mass is 16.4. The molecule has 0 radical (unpaired) electrons. The van der Waals surface area contributed by atoms with Crippen molar-refractivity contribution < 1.29 is 9.90 Å². The van der Waals surface area contributed by atoms with Crippen LogP contribution in [-0.2, 0) is 0 Å². The normalized spacial score (nSPS) is 38.8. The molecule has 3 N–H and O–H groups in total. The van der Waals surface area contributed by atoms with E-state index in [-0.39, 0.29) is 18.1 Å².